The number of hydrogen-bond donors (Lipinski definition) is 1. The first-order valence-electron chi connectivity index (χ1n) is 6.01. The van der Waals surface area contributed by atoms with Crippen molar-refractivity contribution in [3.05, 3.63) is 69.7 Å². The minimum Gasteiger partial charge on any atom is -0.320 e. The van der Waals surface area contributed by atoms with Gasteiger partial charge >= 0.3 is 0 Å². The van der Waals surface area contributed by atoms with E-state index in [2.05, 4.69) is 6.92 Å². The van der Waals surface area contributed by atoms with Crippen LogP contribution in [-0.2, 0) is 6.42 Å². The summed E-state index contributed by atoms with van der Waals surface area (Å²) in [5.74, 6) is -1.91. The van der Waals surface area contributed by atoms with Gasteiger partial charge in [-0.15, -0.1) is 0 Å². The van der Waals surface area contributed by atoms with Crippen LogP contribution in [0.4, 0.5) is 8.78 Å². The smallest absolute Gasteiger partial charge is 0.160 e. The SMILES string of the molecule is CCc1ccc(C(N)c2cc(F)c(F)cc2Cl)cc1. The molecule has 0 saturated heterocycles. The van der Waals surface area contributed by atoms with Crippen molar-refractivity contribution < 1.29 is 8.78 Å². The maximum atomic E-state index is 13.3. The molecule has 0 spiro atoms. The molecule has 0 heterocycles. The number of nitrogens with two attached hydrogens (primary N) is 1. The van der Waals surface area contributed by atoms with Crippen molar-refractivity contribution in [2.75, 3.05) is 0 Å². The second-order valence-electron chi connectivity index (χ2n) is 4.36. The van der Waals surface area contributed by atoms with Crippen molar-refractivity contribution in [3.63, 3.8) is 0 Å². The molecule has 0 radical (unpaired) electrons. The Bertz CT molecular complexity index is 581. The Kier molecular flexibility index (Phi) is 4.17. The molecule has 1 nitrogen and oxygen atoms in total. The Morgan fingerprint density at radius 1 is 1.11 bits per heavy atom. The van der Waals surface area contributed by atoms with E-state index in [1.165, 1.54) is 5.56 Å². The van der Waals surface area contributed by atoms with Crippen LogP contribution in [0.1, 0.15) is 29.7 Å². The fraction of sp³-hybridized carbons (Fsp3) is 0.200. The van der Waals surface area contributed by atoms with E-state index in [-0.39, 0.29) is 5.02 Å². The quantitative estimate of drug-likeness (QED) is 0.837. The van der Waals surface area contributed by atoms with E-state index >= 15 is 0 Å². The Labute approximate surface area is 116 Å². The average Bonchev–Trinajstić information content (AvgIpc) is 2.42. The molecule has 2 aromatic carbocycles. The fourth-order valence-electron chi connectivity index (χ4n) is 1.92. The highest BCUT2D eigenvalue weighted by atomic mass is 35.5. The first-order chi connectivity index (χ1) is 9.02. The van der Waals surface area contributed by atoms with Crippen LogP contribution in [-0.4, -0.2) is 0 Å². The van der Waals surface area contributed by atoms with Crippen LogP contribution >= 0.6 is 11.6 Å². The van der Waals surface area contributed by atoms with Crippen LogP contribution in [0.3, 0.4) is 0 Å². The molecule has 0 aliphatic heterocycles. The Balaban J connectivity index is 2.37. The fourth-order valence-corrected chi connectivity index (χ4v) is 2.18. The van der Waals surface area contributed by atoms with Crippen LogP contribution in [0.25, 0.3) is 0 Å². The van der Waals surface area contributed by atoms with Crippen molar-refractivity contribution in [1.82, 2.24) is 0 Å². The van der Waals surface area contributed by atoms with Crippen LogP contribution < -0.4 is 5.73 Å². The molecule has 0 bridgehead atoms. The molecular weight excluding hydrogens is 268 g/mol. The summed E-state index contributed by atoms with van der Waals surface area (Å²) in [5, 5.41) is 0.131. The largest absolute Gasteiger partial charge is 0.320 e. The van der Waals surface area contributed by atoms with Gasteiger partial charge in [0.25, 0.3) is 0 Å². The van der Waals surface area contributed by atoms with Gasteiger partial charge in [0.05, 0.1) is 6.04 Å². The van der Waals surface area contributed by atoms with E-state index in [0.29, 0.717) is 5.56 Å². The molecule has 0 fully saturated rings. The minimum absolute atomic E-state index is 0.131. The standard InChI is InChI=1S/C15H14ClF2N/c1-2-9-3-5-10(6-4-9)15(19)11-7-13(17)14(18)8-12(11)16/h3-8,15H,2,19H2,1H3. The summed E-state index contributed by atoms with van der Waals surface area (Å²) in [7, 11) is 0. The van der Waals surface area contributed by atoms with Gasteiger partial charge in [-0.25, -0.2) is 8.78 Å². The summed E-state index contributed by atoms with van der Waals surface area (Å²) in [4.78, 5) is 0. The van der Waals surface area contributed by atoms with Gasteiger partial charge in [-0.2, -0.15) is 0 Å². The molecule has 2 rings (SSSR count). The maximum Gasteiger partial charge on any atom is 0.160 e. The highest BCUT2D eigenvalue weighted by Gasteiger charge is 2.16. The summed E-state index contributed by atoms with van der Waals surface area (Å²) in [6.07, 6.45) is 0.932. The van der Waals surface area contributed by atoms with Gasteiger partial charge in [-0.3, -0.25) is 0 Å². The van der Waals surface area contributed by atoms with Crippen molar-refractivity contribution in [2.24, 2.45) is 5.73 Å². The van der Waals surface area contributed by atoms with Gasteiger partial charge in [0.15, 0.2) is 11.6 Å². The van der Waals surface area contributed by atoms with Gasteiger partial charge in [-0.05, 0) is 35.2 Å². The third kappa shape index (κ3) is 2.94. The first kappa shape index (κ1) is 14.0. The van der Waals surface area contributed by atoms with Crippen LogP contribution in [0.5, 0.6) is 0 Å². The summed E-state index contributed by atoms with van der Waals surface area (Å²) in [5.41, 5.74) is 8.43. The average molecular weight is 282 g/mol. The molecule has 1 unspecified atom stereocenters. The summed E-state index contributed by atoms with van der Waals surface area (Å²) in [6, 6.07) is 9.10. The number of rotatable bonds is 3. The molecule has 19 heavy (non-hydrogen) atoms. The van der Waals surface area contributed by atoms with E-state index in [0.717, 1.165) is 24.1 Å². The zero-order valence-corrected chi connectivity index (χ0v) is 11.2. The number of benzene rings is 2. The molecule has 1 atom stereocenters. The zero-order valence-electron chi connectivity index (χ0n) is 10.5. The van der Waals surface area contributed by atoms with Gasteiger partial charge in [0, 0.05) is 5.02 Å². The molecule has 100 valence electrons. The molecule has 2 aromatic rings. The molecule has 0 aliphatic carbocycles. The topological polar surface area (TPSA) is 26.0 Å². The summed E-state index contributed by atoms with van der Waals surface area (Å²) < 4.78 is 26.3. The lowest BCUT2D eigenvalue weighted by Crippen LogP contribution is -2.13. The van der Waals surface area contributed by atoms with Crippen LogP contribution in [0, 0.1) is 11.6 Å². The van der Waals surface area contributed by atoms with Gasteiger partial charge in [0.1, 0.15) is 0 Å². The van der Waals surface area contributed by atoms with E-state index in [1.54, 1.807) is 0 Å². The van der Waals surface area contributed by atoms with E-state index in [4.69, 9.17) is 17.3 Å². The predicted octanol–water partition coefficient (Wildman–Crippen LogP) is 4.23. The van der Waals surface area contributed by atoms with Crippen molar-refractivity contribution in [2.45, 2.75) is 19.4 Å². The normalized spacial score (nSPS) is 12.5. The Hall–Kier alpha value is -1.45. The molecule has 0 saturated carbocycles. The summed E-state index contributed by atoms with van der Waals surface area (Å²) in [6.45, 7) is 2.06. The molecule has 0 aliphatic rings. The predicted molar refractivity (Wildman–Crippen MR) is 73.2 cm³/mol. The van der Waals surface area contributed by atoms with E-state index in [9.17, 15) is 8.78 Å². The van der Waals surface area contributed by atoms with Gasteiger partial charge in [-0.1, -0.05) is 42.8 Å². The lowest BCUT2D eigenvalue weighted by atomic mass is 9.98. The van der Waals surface area contributed by atoms with Crippen LogP contribution in [0.15, 0.2) is 36.4 Å². The van der Waals surface area contributed by atoms with E-state index in [1.807, 2.05) is 24.3 Å². The third-order valence-electron chi connectivity index (χ3n) is 3.12. The molecule has 0 aromatic heterocycles. The van der Waals surface area contributed by atoms with Crippen molar-refractivity contribution >= 4 is 11.6 Å². The number of aryl methyl sites for hydroxylation is 1. The third-order valence-corrected chi connectivity index (χ3v) is 3.45. The Morgan fingerprint density at radius 2 is 1.68 bits per heavy atom. The first-order valence-corrected chi connectivity index (χ1v) is 6.39. The molecule has 0 amide bonds. The highest BCUT2D eigenvalue weighted by Crippen LogP contribution is 2.28. The lowest BCUT2D eigenvalue weighted by Gasteiger charge is -2.15. The monoisotopic (exact) mass is 281 g/mol. The molecular formula is C15H14ClF2N. The lowest BCUT2D eigenvalue weighted by molar-refractivity contribution is 0.506. The maximum absolute atomic E-state index is 13.3. The molecule has 2 N–H and O–H groups in total. The minimum atomic E-state index is -0.970. The van der Waals surface area contributed by atoms with Gasteiger partial charge in [0.2, 0.25) is 0 Å². The zero-order chi connectivity index (χ0) is 14.0. The van der Waals surface area contributed by atoms with E-state index < -0.39 is 17.7 Å². The Morgan fingerprint density at radius 3 is 2.26 bits per heavy atom. The summed E-state index contributed by atoms with van der Waals surface area (Å²) >= 11 is 5.92. The number of hydrogen-bond acceptors (Lipinski definition) is 1. The highest BCUT2D eigenvalue weighted by molar-refractivity contribution is 6.31. The van der Waals surface area contributed by atoms with Crippen LogP contribution in [0.2, 0.25) is 5.02 Å². The number of halogens is 3. The second kappa shape index (κ2) is 5.68. The van der Waals surface area contributed by atoms with Crippen molar-refractivity contribution in [1.29, 1.82) is 0 Å². The molecule has 4 heteroatoms. The van der Waals surface area contributed by atoms with Gasteiger partial charge < -0.3 is 5.73 Å². The second-order valence-corrected chi connectivity index (χ2v) is 4.77. The van der Waals surface area contributed by atoms with Crippen molar-refractivity contribution in [3.8, 4) is 0 Å².